The summed E-state index contributed by atoms with van der Waals surface area (Å²) >= 11 is 0. The van der Waals surface area contributed by atoms with Crippen molar-refractivity contribution < 1.29 is 14.7 Å². The molecule has 0 fully saturated rings. The van der Waals surface area contributed by atoms with E-state index < -0.39 is 5.97 Å². The number of carbonyl (C=O) groups is 1. The van der Waals surface area contributed by atoms with Gasteiger partial charge in [0.15, 0.2) is 5.84 Å². The van der Waals surface area contributed by atoms with Crippen molar-refractivity contribution in [1.29, 1.82) is 0 Å². The van der Waals surface area contributed by atoms with Crippen LogP contribution in [0.5, 0.6) is 0 Å². The normalized spacial score (nSPS) is 11.2. The predicted octanol–water partition coefficient (Wildman–Crippen LogP) is 2.53. The first-order chi connectivity index (χ1) is 10.1. The van der Waals surface area contributed by atoms with Gasteiger partial charge in [-0.15, -0.1) is 0 Å². The summed E-state index contributed by atoms with van der Waals surface area (Å²) in [6, 6.07) is 14.1. The molecule has 2 aromatic carbocycles. The van der Waals surface area contributed by atoms with Crippen molar-refractivity contribution in [3.05, 3.63) is 70.8 Å². The van der Waals surface area contributed by atoms with Crippen LogP contribution >= 0.6 is 0 Å². The molecule has 0 radical (unpaired) electrons. The summed E-state index contributed by atoms with van der Waals surface area (Å²) < 4.78 is 0. The number of rotatable bonds is 5. The minimum absolute atomic E-state index is 0.144. The maximum atomic E-state index is 10.9. The predicted molar refractivity (Wildman–Crippen MR) is 80.1 cm³/mol. The Kier molecular flexibility index (Phi) is 4.56. The van der Waals surface area contributed by atoms with Gasteiger partial charge >= 0.3 is 5.97 Å². The number of carboxylic acid groups (broad SMARTS) is 1. The molecule has 0 aliphatic rings. The van der Waals surface area contributed by atoms with Gasteiger partial charge in [0.2, 0.25) is 0 Å². The molecule has 0 aromatic heterocycles. The van der Waals surface area contributed by atoms with Crippen LogP contribution in [0.25, 0.3) is 0 Å². The molecular formula is C16H16N2O3. The van der Waals surface area contributed by atoms with Crippen molar-refractivity contribution in [2.75, 3.05) is 0 Å². The number of hydrogen-bond acceptors (Lipinski definition) is 3. The Bertz CT molecular complexity index is 663. The van der Waals surface area contributed by atoms with E-state index in [1.165, 1.54) is 17.7 Å². The summed E-state index contributed by atoms with van der Waals surface area (Å²) in [7, 11) is 0. The fraction of sp³-hybridized carbons (Fsp3) is 0.125. The molecule has 5 nitrogen and oxygen atoms in total. The Morgan fingerprint density at radius 2 is 1.86 bits per heavy atom. The first-order valence-electron chi connectivity index (χ1n) is 6.41. The molecule has 0 bridgehead atoms. The van der Waals surface area contributed by atoms with Crippen molar-refractivity contribution in [1.82, 2.24) is 0 Å². The largest absolute Gasteiger partial charge is 0.478 e. The van der Waals surface area contributed by atoms with Crippen molar-refractivity contribution in [3.8, 4) is 0 Å². The minimum atomic E-state index is -1.01. The molecule has 0 spiro atoms. The molecule has 0 aliphatic heterocycles. The average Bonchev–Trinajstić information content (AvgIpc) is 2.49. The zero-order valence-corrected chi connectivity index (χ0v) is 11.6. The minimum Gasteiger partial charge on any atom is -0.478 e. The Hall–Kier alpha value is -2.82. The first kappa shape index (κ1) is 14.6. The van der Waals surface area contributed by atoms with Gasteiger partial charge in [0, 0.05) is 5.56 Å². The molecule has 2 aromatic rings. The lowest BCUT2D eigenvalue weighted by molar-refractivity contribution is 0.0697. The number of nitrogens with zero attached hydrogens (tertiary/aromatic N) is 1. The SMILES string of the molecule is Cc1ccc(CO/N=C(\N)c2cccc(C(=O)O)c2)cc1. The summed E-state index contributed by atoms with van der Waals surface area (Å²) in [5, 5.41) is 12.7. The van der Waals surface area contributed by atoms with Gasteiger partial charge in [0.25, 0.3) is 0 Å². The highest BCUT2D eigenvalue weighted by atomic mass is 16.6. The van der Waals surface area contributed by atoms with E-state index >= 15 is 0 Å². The highest BCUT2D eigenvalue weighted by molar-refractivity contribution is 5.99. The third-order valence-electron chi connectivity index (χ3n) is 2.92. The van der Waals surface area contributed by atoms with E-state index in [2.05, 4.69) is 5.16 Å². The highest BCUT2D eigenvalue weighted by Gasteiger charge is 2.05. The van der Waals surface area contributed by atoms with Gasteiger partial charge < -0.3 is 15.7 Å². The second kappa shape index (κ2) is 6.56. The van der Waals surface area contributed by atoms with Crippen molar-refractivity contribution >= 4 is 11.8 Å². The Balaban J connectivity index is 2.02. The van der Waals surface area contributed by atoms with Crippen LogP contribution in [0.3, 0.4) is 0 Å². The topological polar surface area (TPSA) is 84.9 Å². The number of amidine groups is 1. The summed E-state index contributed by atoms with van der Waals surface area (Å²) in [6.07, 6.45) is 0. The number of carboxylic acids is 1. The summed E-state index contributed by atoms with van der Waals surface area (Å²) in [4.78, 5) is 16.1. The molecule has 0 unspecified atom stereocenters. The molecule has 2 rings (SSSR count). The number of hydrogen-bond donors (Lipinski definition) is 2. The molecule has 108 valence electrons. The van der Waals surface area contributed by atoms with Gasteiger partial charge in [-0.3, -0.25) is 0 Å². The lowest BCUT2D eigenvalue weighted by atomic mass is 10.1. The van der Waals surface area contributed by atoms with Crippen LogP contribution in [0.15, 0.2) is 53.7 Å². The van der Waals surface area contributed by atoms with E-state index in [4.69, 9.17) is 15.7 Å². The summed E-state index contributed by atoms with van der Waals surface area (Å²) in [5.74, 6) is -0.865. The molecule has 0 heterocycles. The Morgan fingerprint density at radius 1 is 1.19 bits per heavy atom. The lowest BCUT2D eigenvalue weighted by Crippen LogP contribution is -2.14. The number of aromatic carboxylic acids is 1. The van der Waals surface area contributed by atoms with Crippen LogP contribution in [-0.2, 0) is 11.4 Å². The molecule has 0 saturated heterocycles. The van der Waals surface area contributed by atoms with Crippen LogP contribution in [-0.4, -0.2) is 16.9 Å². The van der Waals surface area contributed by atoms with Crippen molar-refractivity contribution in [3.63, 3.8) is 0 Å². The van der Waals surface area contributed by atoms with Crippen LogP contribution in [0.4, 0.5) is 0 Å². The molecular weight excluding hydrogens is 268 g/mol. The fourth-order valence-corrected chi connectivity index (χ4v) is 1.72. The molecule has 3 N–H and O–H groups in total. The highest BCUT2D eigenvalue weighted by Crippen LogP contribution is 2.07. The van der Waals surface area contributed by atoms with E-state index in [1.807, 2.05) is 31.2 Å². The molecule has 0 amide bonds. The monoisotopic (exact) mass is 284 g/mol. The number of aryl methyl sites for hydroxylation is 1. The molecule has 21 heavy (non-hydrogen) atoms. The zero-order chi connectivity index (χ0) is 15.2. The van der Waals surface area contributed by atoms with Gasteiger partial charge in [-0.2, -0.15) is 0 Å². The number of oxime groups is 1. The van der Waals surface area contributed by atoms with Gasteiger partial charge in [0.05, 0.1) is 5.56 Å². The van der Waals surface area contributed by atoms with Gasteiger partial charge in [-0.25, -0.2) is 4.79 Å². The van der Waals surface area contributed by atoms with Gasteiger partial charge in [-0.05, 0) is 24.6 Å². The molecule has 0 saturated carbocycles. The number of benzene rings is 2. The maximum absolute atomic E-state index is 10.9. The average molecular weight is 284 g/mol. The fourth-order valence-electron chi connectivity index (χ4n) is 1.72. The second-order valence-electron chi connectivity index (χ2n) is 4.62. The molecule has 0 aliphatic carbocycles. The van der Waals surface area contributed by atoms with Crippen LogP contribution in [0.2, 0.25) is 0 Å². The lowest BCUT2D eigenvalue weighted by Gasteiger charge is -2.04. The van der Waals surface area contributed by atoms with E-state index in [0.717, 1.165) is 5.56 Å². The molecule has 5 heteroatoms. The number of nitrogens with two attached hydrogens (primary N) is 1. The van der Waals surface area contributed by atoms with Crippen molar-refractivity contribution in [2.45, 2.75) is 13.5 Å². The standard InChI is InChI=1S/C16H16N2O3/c1-11-5-7-12(8-6-11)10-21-18-15(17)13-3-2-4-14(9-13)16(19)20/h2-9H,10H2,1H3,(H2,17,18)(H,19,20). The van der Waals surface area contributed by atoms with E-state index in [9.17, 15) is 4.79 Å². The first-order valence-corrected chi connectivity index (χ1v) is 6.41. The smallest absolute Gasteiger partial charge is 0.335 e. The summed E-state index contributed by atoms with van der Waals surface area (Å²) in [5.41, 5.74) is 8.61. The second-order valence-corrected chi connectivity index (χ2v) is 4.62. The van der Waals surface area contributed by atoms with Crippen LogP contribution < -0.4 is 5.73 Å². The Labute approximate surface area is 122 Å². The third kappa shape index (κ3) is 4.07. The maximum Gasteiger partial charge on any atom is 0.335 e. The van der Waals surface area contributed by atoms with Crippen LogP contribution in [0, 0.1) is 6.92 Å². The van der Waals surface area contributed by atoms with Crippen molar-refractivity contribution in [2.24, 2.45) is 10.9 Å². The quantitative estimate of drug-likeness (QED) is 0.502. The van der Waals surface area contributed by atoms with E-state index in [-0.39, 0.29) is 11.4 Å². The third-order valence-corrected chi connectivity index (χ3v) is 2.92. The molecule has 0 atom stereocenters. The Morgan fingerprint density at radius 3 is 2.52 bits per heavy atom. The van der Waals surface area contributed by atoms with Crippen LogP contribution in [0.1, 0.15) is 27.0 Å². The van der Waals surface area contributed by atoms with Gasteiger partial charge in [0.1, 0.15) is 6.61 Å². The van der Waals surface area contributed by atoms with Gasteiger partial charge in [-0.1, -0.05) is 47.1 Å². The zero-order valence-electron chi connectivity index (χ0n) is 11.6. The van der Waals surface area contributed by atoms with E-state index in [1.54, 1.807) is 12.1 Å². The summed E-state index contributed by atoms with van der Waals surface area (Å²) in [6.45, 7) is 2.32. The van der Waals surface area contributed by atoms with E-state index in [0.29, 0.717) is 12.2 Å².